The molecule has 1 N–H and O–H groups in total. The normalized spacial score (nSPS) is 10.8. The van der Waals surface area contributed by atoms with Crippen LogP contribution in [-0.2, 0) is 17.6 Å². The summed E-state index contributed by atoms with van der Waals surface area (Å²) < 4.78 is 19.3. The summed E-state index contributed by atoms with van der Waals surface area (Å²) in [4.78, 5) is 11.9. The highest BCUT2D eigenvalue weighted by molar-refractivity contribution is 6.30. The number of benzene rings is 2. The van der Waals surface area contributed by atoms with Gasteiger partial charge in [0.2, 0.25) is 5.91 Å². The molecule has 0 spiro atoms. The van der Waals surface area contributed by atoms with Gasteiger partial charge in [-0.2, -0.15) is 0 Å². The van der Waals surface area contributed by atoms with Crippen molar-refractivity contribution in [1.82, 2.24) is 5.32 Å². The number of rotatable bonds is 8. The van der Waals surface area contributed by atoms with Gasteiger partial charge in [-0.3, -0.25) is 4.79 Å². The predicted octanol–water partition coefficient (Wildman–Crippen LogP) is 4.56. The number of nitrogens with one attached hydrogen (secondary N) is 1. The number of carbonyl (C=O) groups is 1. The Morgan fingerprint density at radius 3 is 2.56 bits per heavy atom. The molecule has 0 atom stereocenters. The Labute approximate surface area is 153 Å². The van der Waals surface area contributed by atoms with E-state index in [1.807, 2.05) is 38.1 Å². The second-order valence-corrected chi connectivity index (χ2v) is 6.61. The van der Waals surface area contributed by atoms with Crippen molar-refractivity contribution in [1.29, 1.82) is 0 Å². The lowest BCUT2D eigenvalue weighted by Gasteiger charge is -2.10. The van der Waals surface area contributed by atoms with Crippen LogP contribution < -0.4 is 10.1 Å². The van der Waals surface area contributed by atoms with E-state index in [0.717, 1.165) is 18.6 Å². The number of aryl methyl sites for hydroxylation is 1. The molecular formula is C20H23ClFNO2. The number of hydrogen-bond acceptors (Lipinski definition) is 2. The van der Waals surface area contributed by atoms with E-state index >= 15 is 0 Å². The molecule has 134 valence electrons. The Kier molecular flexibility index (Phi) is 7.26. The lowest BCUT2D eigenvalue weighted by molar-refractivity contribution is -0.120. The van der Waals surface area contributed by atoms with Crippen LogP contribution in [0.4, 0.5) is 4.39 Å². The molecule has 0 radical (unpaired) electrons. The van der Waals surface area contributed by atoms with Crippen LogP contribution in [0, 0.1) is 5.82 Å². The van der Waals surface area contributed by atoms with Gasteiger partial charge in [-0.25, -0.2) is 4.39 Å². The van der Waals surface area contributed by atoms with Crippen LogP contribution in [0.5, 0.6) is 5.75 Å². The Hall–Kier alpha value is -2.07. The zero-order valence-electron chi connectivity index (χ0n) is 14.5. The quantitative estimate of drug-likeness (QED) is 0.698. The monoisotopic (exact) mass is 363 g/mol. The van der Waals surface area contributed by atoms with E-state index in [1.165, 1.54) is 17.7 Å². The lowest BCUT2D eigenvalue weighted by atomic mass is 10.1. The van der Waals surface area contributed by atoms with Crippen molar-refractivity contribution in [2.45, 2.75) is 39.2 Å². The van der Waals surface area contributed by atoms with Crippen molar-refractivity contribution >= 4 is 17.5 Å². The second kappa shape index (κ2) is 9.42. The first-order valence-electron chi connectivity index (χ1n) is 8.40. The third kappa shape index (κ3) is 6.75. The molecule has 0 fully saturated rings. The molecule has 3 nitrogen and oxygen atoms in total. The topological polar surface area (TPSA) is 38.3 Å². The second-order valence-electron chi connectivity index (χ2n) is 6.18. The summed E-state index contributed by atoms with van der Waals surface area (Å²) >= 11 is 5.70. The van der Waals surface area contributed by atoms with Gasteiger partial charge in [-0.15, -0.1) is 0 Å². The largest absolute Gasteiger partial charge is 0.491 e. The van der Waals surface area contributed by atoms with Crippen LogP contribution in [0.3, 0.4) is 0 Å². The molecule has 25 heavy (non-hydrogen) atoms. The summed E-state index contributed by atoms with van der Waals surface area (Å²) in [6.45, 7) is 4.54. The van der Waals surface area contributed by atoms with E-state index in [2.05, 4.69) is 5.32 Å². The van der Waals surface area contributed by atoms with Gasteiger partial charge in [0.05, 0.1) is 12.5 Å². The van der Waals surface area contributed by atoms with Gasteiger partial charge in [-0.05, 0) is 62.1 Å². The van der Waals surface area contributed by atoms with Gasteiger partial charge < -0.3 is 10.1 Å². The van der Waals surface area contributed by atoms with Crippen molar-refractivity contribution in [2.24, 2.45) is 0 Å². The smallest absolute Gasteiger partial charge is 0.224 e. The highest BCUT2D eigenvalue weighted by Gasteiger charge is 2.08. The fourth-order valence-electron chi connectivity index (χ4n) is 2.43. The molecule has 2 rings (SSSR count). The minimum absolute atomic E-state index is 0.0181. The Morgan fingerprint density at radius 2 is 1.92 bits per heavy atom. The number of carbonyl (C=O) groups excluding carboxylic acids is 1. The highest BCUT2D eigenvalue weighted by Crippen LogP contribution is 2.16. The lowest BCUT2D eigenvalue weighted by Crippen LogP contribution is -2.26. The van der Waals surface area contributed by atoms with E-state index in [0.29, 0.717) is 17.1 Å². The van der Waals surface area contributed by atoms with Gasteiger partial charge in [0.25, 0.3) is 0 Å². The van der Waals surface area contributed by atoms with Gasteiger partial charge >= 0.3 is 0 Å². The fourth-order valence-corrected chi connectivity index (χ4v) is 2.59. The molecule has 0 heterocycles. The van der Waals surface area contributed by atoms with Gasteiger partial charge in [0.15, 0.2) is 0 Å². The summed E-state index contributed by atoms with van der Waals surface area (Å²) in [6.07, 6.45) is 1.85. The van der Waals surface area contributed by atoms with Crippen LogP contribution >= 0.6 is 11.6 Å². The van der Waals surface area contributed by atoms with E-state index in [1.54, 1.807) is 6.07 Å². The number of amides is 1. The number of ether oxygens (including phenoxy) is 1. The van der Waals surface area contributed by atoms with Crippen molar-refractivity contribution in [3.8, 4) is 5.75 Å². The van der Waals surface area contributed by atoms with Crippen molar-refractivity contribution in [3.05, 3.63) is 64.4 Å². The molecule has 0 aromatic heterocycles. The van der Waals surface area contributed by atoms with Gasteiger partial charge in [0.1, 0.15) is 11.6 Å². The molecule has 2 aromatic rings. The third-order valence-corrected chi connectivity index (χ3v) is 3.86. The SMILES string of the molecule is CC(C)Oc1ccc(CCCNC(=O)Cc2ccc(Cl)cc2F)cc1. The van der Waals surface area contributed by atoms with Crippen LogP contribution in [0.2, 0.25) is 5.02 Å². The minimum Gasteiger partial charge on any atom is -0.491 e. The Balaban J connectivity index is 1.70. The maximum atomic E-state index is 13.7. The maximum absolute atomic E-state index is 13.7. The van der Waals surface area contributed by atoms with Crippen molar-refractivity contribution in [3.63, 3.8) is 0 Å². The first kappa shape index (κ1) is 19.3. The average Bonchev–Trinajstić information content (AvgIpc) is 2.55. The summed E-state index contributed by atoms with van der Waals surface area (Å²) in [6, 6.07) is 12.3. The third-order valence-electron chi connectivity index (χ3n) is 3.63. The van der Waals surface area contributed by atoms with Crippen molar-refractivity contribution < 1.29 is 13.9 Å². The van der Waals surface area contributed by atoms with Crippen LogP contribution in [0.25, 0.3) is 0 Å². The molecule has 0 bridgehead atoms. The molecule has 0 aliphatic rings. The molecule has 0 aliphatic carbocycles. The number of halogens is 2. The zero-order valence-corrected chi connectivity index (χ0v) is 15.3. The summed E-state index contributed by atoms with van der Waals surface area (Å²) in [5, 5.41) is 3.14. The molecule has 1 amide bonds. The predicted molar refractivity (Wildman–Crippen MR) is 98.7 cm³/mol. The molecule has 0 aliphatic heterocycles. The summed E-state index contributed by atoms with van der Waals surface area (Å²) in [5.74, 6) is 0.213. The molecule has 5 heteroatoms. The first-order chi connectivity index (χ1) is 11.9. The Morgan fingerprint density at radius 1 is 1.20 bits per heavy atom. The van der Waals surface area contributed by atoms with Crippen LogP contribution in [0.15, 0.2) is 42.5 Å². The number of hydrogen-bond donors (Lipinski definition) is 1. The van der Waals surface area contributed by atoms with E-state index in [4.69, 9.17) is 16.3 Å². The Bertz CT molecular complexity index is 701. The van der Waals surface area contributed by atoms with E-state index in [-0.39, 0.29) is 18.4 Å². The first-order valence-corrected chi connectivity index (χ1v) is 8.78. The summed E-state index contributed by atoms with van der Waals surface area (Å²) in [7, 11) is 0. The molecule has 0 saturated heterocycles. The maximum Gasteiger partial charge on any atom is 0.224 e. The van der Waals surface area contributed by atoms with Gasteiger partial charge in [-0.1, -0.05) is 29.8 Å². The average molecular weight is 364 g/mol. The fraction of sp³-hybridized carbons (Fsp3) is 0.350. The highest BCUT2D eigenvalue weighted by atomic mass is 35.5. The van der Waals surface area contributed by atoms with E-state index < -0.39 is 5.82 Å². The summed E-state index contributed by atoms with van der Waals surface area (Å²) in [5.41, 5.74) is 1.54. The standard InChI is InChI=1S/C20H23ClFNO2/c1-14(2)25-18-9-5-15(6-10-18)4-3-11-23-20(24)12-16-7-8-17(21)13-19(16)22/h5-10,13-14H,3-4,11-12H2,1-2H3,(H,23,24). The minimum atomic E-state index is -0.452. The molecule has 0 saturated carbocycles. The van der Waals surface area contributed by atoms with Crippen LogP contribution in [0.1, 0.15) is 31.4 Å². The molecule has 2 aromatic carbocycles. The molecular weight excluding hydrogens is 341 g/mol. The zero-order chi connectivity index (χ0) is 18.2. The molecule has 0 unspecified atom stereocenters. The van der Waals surface area contributed by atoms with Crippen molar-refractivity contribution in [2.75, 3.05) is 6.54 Å². The van der Waals surface area contributed by atoms with Crippen LogP contribution in [-0.4, -0.2) is 18.6 Å². The van der Waals surface area contributed by atoms with Gasteiger partial charge in [0, 0.05) is 11.6 Å². The van der Waals surface area contributed by atoms with E-state index in [9.17, 15) is 9.18 Å².